The van der Waals surface area contributed by atoms with Crippen molar-refractivity contribution < 1.29 is 10.0 Å². The molecule has 1 heterocycles. The zero-order valence-electron chi connectivity index (χ0n) is 5.64. The molecule has 0 aliphatic rings. The number of hydrogen-bond donors (Lipinski definition) is 3. The van der Waals surface area contributed by atoms with Crippen molar-refractivity contribution in [1.82, 2.24) is 4.98 Å². The van der Waals surface area contributed by atoms with Crippen molar-refractivity contribution in [3.05, 3.63) is 18.2 Å². The van der Waals surface area contributed by atoms with Crippen molar-refractivity contribution in [3.8, 4) is 0 Å². The number of aromatic nitrogens is 1. The first-order valence-corrected chi connectivity index (χ1v) is 2.78. The lowest BCUT2D eigenvalue weighted by Crippen LogP contribution is -2.32. The summed E-state index contributed by atoms with van der Waals surface area (Å²) in [5.74, 6) is 0.283. The molecule has 0 saturated carbocycles. The second-order valence-electron chi connectivity index (χ2n) is 1.86. The Balaban J connectivity index is 0.000001000. The molecule has 0 aliphatic carbocycles. The predicted molar refractivity (Wildman–Crippen MR) is 45.7 cm³/mol. The quantitative estimate of drug-likeness (QED) is 0.466. The second-order valence-corrected chi connectivity index (χ2v) is 1.86. The number of nitrogens with two attached hydrogens (primary N) is 1. The van der Waals surface area contributed by atoms with E-state index >= 15 is 0 Å². The smallest absolute Gasteiger partial charge is 0.422 e. The number of nitrogen functional groups attached to an aromatic ring is 1. The van der Waals surface area contributed by atoms with Crippen molar-refractivity contribution in [2.24, 2.45) is 0 Å². The highest BCUT2D eigenvalue weighted by molar-refractivity contribution is 6.57. The molecule has 0 bridgehead atoms. The first kappa shape index (κ1) is 10.2. The molecule has 0 fully saturated rings. The van der Waals surface area contributed by atoms with Gasteiger partial charge in [-0.3, -0.25) is 0 Å². The van der Waals surface area contributed by atoms with Crippen molar-refractivity contribution in [1.29, 1.82) is 0 Å². The zero-order chi connectivity index (χ0) is 7.56. The highest BCUT2D eigenvalue weighted by Crippen LogP contribution is 1.89. The summed E-state index contributed by atoms with van der Waals surface area (Å²) in [5.41, 5.74) is 5.43. The summed E-state index contributed by atoms with van der Waals surface area (Å²) < 4.78 is 0. The van der Waals surface area contributed by atoms with Crippen molar-refractivity contribution in [3.63, 3.8) is 0 Å². The largest absolute Gasteiger partial charge is 0.508 e. The van der Waals surface area contributed by atoms with Crippen LogP contribution in [0.5, 0.6) is 0 Å². The van der Waals surface area contributed by atoms with Crippen LogP contribution in [-0.4, -0.2) is 22.2 Å². The zero-order valence-corrected chi connectivity index (χ0v) is 6.45. The van der Waals surface area contributed by atoms with Gasteiger partial charge >= 0.3 is 7.12 Å². The molecule has 60 valence electrons. The van der Waals surface area contributed by atoms with E-state index in [-0.39, 0.29) is 23.8 Å². The lowest BCUT2D eigenvalue weighted by molar-refractivity contribution is 0.424. The summed E-state index contributed by atoms with van der Waals surface area (Å²) >= 11 is 0. The third-order valence-corrected chi connectivity index (χ3v) is 1.06. The van der Waals surface area contributed by atoms with E-state index in [1.54, 1.807) is 12.1 Å². The van der Waals surface area contributed by atoms with Crippen molar-refractivity contribution in [2.45, 2.75) is 0 Å². The maximum Gasteiger partial charge on any atom is 0.508 e. The first-order valence-electron chi connectivity index (χ1n) is 2.78. The van der Waals surface area contributed by atoms with Crippen LogP contribution in [-0.2, 0) is 0 Å². The van der Waals surface area contributed by atoms with Gasteiger partial charge < -0.3 is 15.8 Å². The Morgan fingerprint density at radius 3 is 2.36 bits per heavy atom. The monoisotopic (exact) mass is 174 g/mol. The summed E-state index contributed by atoms with van der Waals surface area (Å²) in [6.45, 7) is 0. The van der Waals surface area contributed by atoms with Gasteiger partial charge in [-0.25, -0.2) is 4.98 Å². The molecule has 6 heteroatoms. The van der Waals surface area contributed by atoms with E-state index in [0.717, 1.165) is 0 Å². The van der Waals surface area contributed by atoms with E-state index in [0.29, 0.717) is 0 Å². The Kier molecular flexibility index (Phi) is 3.88. The van der Waals surface area contributed by atoms with Gasteiger partial charge in [-0.1, -0.05) is 6.07 Å². The van der Waals surface area contributed by atoms with E-state index in [1.165, 1.54) is 6.07 Å². The number of halogens is 1. The minimum Gasteiger partial charge on any atom is -0.422 e. The minimum atomic E-state index is -1.54. The molecule has 0 amide bonds. The molecule has 0 unspecified atom stereocenters. The fourth-order valence-corrected chi connectivity index (χ4v) is 0.613. The van der Waals surface area contributed by atoms with E-state index < -0.39 is 7.12 Å². The fraction of sp³-hybridized carbons (Fsp3) is 0. The maximum atomic E-state index is 8.59. The lowest BCUT2D eigenvalue weighted by Gasteiger charge is -1.97. The number of rotatable bonds is 1. The highest BCUT2D eigenvalue weighted by atomic mass is 35.5. The van der Waals surface area contributed by atoms with Crippen molar-refractivity contribution in [2.75, 3.05) is 5.73 Å². The maximum absolute atomic E-state index is 8.59. The summed E-state index contributed by atoms with van der Waals surface area (Å²) in [4.78, 5) is 3.65. The topological polar surface area (TPSA) is 79.4 Å². The van der Waals surface area contributed by atoms with Crippen LogP contribution in [0.3, 0.4) is 0 Å². The number of pyridine rings is 1. The third kappa shape index (κ3) is 2.75. The average Bonchev–Trinajstić information content (AvgIpc) is 1.88. The molecule has 0 saturated heterocycles. The lowest BCUT2D eigenvalue weighted by atomic mass is 9.86. The summed E-state index contributed by atoms with van der Waals surface area (Å²) in [6.07, 6.45) is 0. The van der Waals surface area contributed by atoms with Gasteiger partial charge in [0.15, 0.2) is 0 Å². The molecule has 1 aromatic heterocycles. The van der Waals surface area contributed by atoms with Crippen LogP contribution in [0.15, 0.2) is 18.2 Å². The van der Waals surface area contributed by atoms with Gasteiger partial charge in [0.1, 0.15) is 5.82 Å². The average molecular weight is 174 g/mol. The van der Waals surface area contributed by atoms with Crippen LogP contribution in [0.4, 0.5) is 5.82 Å². The van der Waals surface area contributed by atoms with Gasteiger partial charge in [0.05, 0.1) is 5.59 Å². The molecule has 1 aromatic rings. The molecule has 4 nitrogen and oxygen atoms in total. The van der Waals surface area contributed by atoms with E-state index in [1.807, 2.05) is 0 Å². The van der Waals surface area contributed by atoms with Gasteiger partial charge in [0, 0.05) is 0 Å². The normalized spacial score (nSPS) is 8.55. The van der Waals surface area contributed by atoms with Gasteiger partial charge in [-0.05, 0) is 12.1 Å². The summed E-state index contributed by atoms with van der Waals surface area (Å²) in [6, 6.07) is 4.67. The molecule has 0 atom stereocenters. The summed E-state index contributed by atoms with van der Waals surface area (Å²) in [5, 5.41) is 17.2. The fourth-order valence-electron chi connectivity index (χ4n) is 0.613. The van der Waals surface area contributed by atoms with Crippen LogP contribution < -0.4 is 11.3 Å². The van der Waals surface area contributed by atoms with Crippen LogP contribution in [0, 0.1) is 0 Å². The van der Waals surface area contributed by atoms with Gasteiger partial charge in [0.2, 0.25) is 0 Å². The third-order valence-electron chi connectivity index (χ3n) is 1.06. The molecular formula is C5H8BClN2O2. The first-order chi connectivity index (χ1) is 4.70. The highest BCUT2D eigenvalue weighted by Gasteiger charge is 2.11. The van der Waals surface area contributed by atoms with E-state index in [9.17, 15) is 0 Å². The van der Waals surface area contributed by atoms with Gasteiger partial charge in [-0.15, -0.1) is 12.4 Å². The Labute approximate surface area is 70.6 Å². The standard InChI is InChI=1S/C5H7BN2O2.ClH/c7-5-3-1-2-4(8-5)6(9)10;/h1-3,9-10H,(H2,7,8);1H. The summed E-state index contributed by atoms with van der Waals surface area (Å²) in [7, 11) is -1.54. The van der Waals surface area contributed by atoms with Crippen LogP contribution in [0.2, 0.25) is 0 Å². The Morgan fingerprint density at radius 2 is 2.00 bits per heavy atom. The van der Waals surface area contributed by atoms with Crippen LogP contribution >= 0.6 is 12.4 Å². The Bertz CT molecular complexity index is 233. The van der Waals surface area contributed by atoms with Crippen molar-refractivity contribution >= 4 is 30.9 Å². The molecular weight excluding hydrogens is 166 g/mol. The molecule has 0 aliphatic heterocycles. The van der Waals surface area contributed by atoms with Crippen LogP contribution in [0.1, 0.15) is 0 Å². The second kappa shape index (κ2) is 4.18. The van der Waals surface area contributed by atoms with E-state index in [4.69, 9.17) is 15.8 Å². The van der Waals surface area contributed by atoms with Gasteiger partial charge in [-0.2, -0.15) is 0 Å². The number of hydrogen-bond acceptors (Lipinski definition) is 4. The number of anilines is 1. The van der Waals surface area contributed by atoms with Gasteiger partial charge in [0.25, 0.3) is 0 Å². The minimum absolute atomic E-state index is 0. The molecule has 1 rings (SSSR count). The molecule has 0 aromatic carbocycles. The Hall–Kier alpha value is -0.775. The molecule has 0 radical (unpaired) electrons. The molecule has 11 heavy (non-hydrogen) atoms. The van der Waals surface area contributed by atoms with Crippen LogP contribution in [0.25, 0.3) is 0 Å². The predicted octanol–water partition coefficient (Wildman–Crippen LogP) is -1.23. The molecule has 4 N–H and O–H groups in total. The van der Waals surface area contributed by atoms with E-state index in [2.05, 4.69) is 4.98 Å². The SMILES string of the molecule is Cl.Nc1cccc(B(O)O)n1. The molecule has 0 spiro atoms. The number of nitrogens with zero attached hydrogens (tertiary/aromatic N) is 1. The Morgan fingerprint density at radius 1 is 1.36 bits per heavy atom.